The molecular formula is C12H14N2O6S. The lowest BCUT2D eigenvalue weighted by Crippen LogP contribution is -2.35. The lowest BCUT2D eigenvalue weighted by molar-refractivity contribution is -0.385. The van der Waals surface area contributed by atoms with Crippen molar-refractivity contribution in [1.82, 2.24) is 0 Å². The Morgan fingerprint density at radius 3 is 2.62 bits per heavy atom. The van der Waals surface area contributed by atoms with Gasteiger partial charge >= 0.3 is 5.97 Å². The maximum atomic E-state index is 11.5. The van der Waals surface area contributed by atoms with E-state index in [9.17, 15) is 23.3 Å². The molecule has 0 bridgehead atoms. The van der Waals surface area contributed by atoms with E-state index < -0.39 is 37.5 Å². The average Bonchev–Trinajstić information content (AvgIpc) is 2.62. The zero-order valence-corrected chi connectivity index (χ0v) is 12.0. The highest BCUT2D eigenvalue weighted by atomic mass is 32.2. The molecule has 0 aliphatic carbocycles. The number of nitro benzene ring substituents is 1. The number of hydrogen-bond donors (Lipinski definition) is 2. The Labute approximate surface area is 120 Å². The third-order valence-electron chi connectivity index (χ3n) is 3.37. The summed E-state index contributed by atoms with van der Waals surface area (Å²) >= 11 is 0. The molecule has 1 aromatic carbocycles. The summed E-state index contributed by atoms with van der Waals surface area (Å²) in [5.74, 6) is -1.40. The van der Waals surface area contributed by atoms with Crippen LogP contribution in [0.25, 0.3) is 0 Å². The third kappa shape index (κ3) is 3.30. The number of aromatic carboxylic acids is 1. The number of nitro groups is 1. The van der Waals surface area contributed by atoms with Gasteiger partial charge in [0.1, 0.15) is 5.56 Å². The number of benzene rings is 1. The van der Waals surface area contributed by atoms with E-state index in [1.54, 1.807) is 6.92 Å². The first-order chi connectivity index (χ1) is 9.62. The van der Waals surface area contributed by atoms with E-state index in [2.05, 4.69) is 5.32 Å². The van der Waals surface area contributed by atoms with Crippen molar-refractivity contribution < 1.29 is 23.2 Å². The highest BCUT2D eigenvalue weighted by molar-refractivity contribution is 7.91. The number of carboxylic acids is 1. The van der Waals surface area contributed by atoms with Crippen molar-refractivity contribution in [3.8, 4) is 0 Å². The Bertz CT molecular complexity index is 714. The van der Waals surface area contributed by atoms with E-state index in [0.29, 0.717) is 12.1 Å². The SMILES string of the molecule is CC1(Nc2ccc([N+](=O)[O-])c(C(=O)O)c2)CCS(=O)(=O)C1. The fourth-order valence-electron chi connectivity index (χ4n) is 2.40. The predicted octanol–water partition coefficient (Wildman–Crippen LogP) is 1.28. The van der Waals surface area contributed by atoms with Crippen LogP contribution in [0, 0.1) is 10.1 Å². The Hall–Kier alpha value is -2.16. The standard InChI is InChI=1S/C12H14N2O6S/c1-12(4-5-21(19,20)7-12)13-8-2-3-10(14(17)18)9(6-8)11(15)16/h2-3,6,13H,4-5,7H2,1H3,(H,15,16). The van der Waals surface area contributed by atoms with Crippen molar-refractivity contribution in [1.29, 1.82) is 0 Å². The van der Waals surface area contributed by atoms with Crippen LogP contribution in [-0.4, -0.2) is 41.5 Å². The van der Waals surface area contributed by atoms with Crippen molar-refractivity contribution in [2.24, 2.45) is 0 Å². The van der Waals surface area contributed by atoms with Gasteiger partial charge in [-0.15, -0.1) is 0 Å². The van der Waals surface area contributed by atoms with Gasteiger partial charge in [0.25, 0.3) is 5.69 Å². The molecule has 0 spiro atoms. The number of carboxylic acid groups (broad SMARTS) is 1. The van der Waals surface area contributed by atoms with Crippen LogP contribution in [0.3, 0.4) is 0 Å². The summed E-state index contributed by atoms with van der Waals surface area (Å²) in [6.45, 7) is 1.72. The molecular weight excluding hydrogens is 300 g/mol. The van der Waals surface area contributed by atoms with Crippen molar-refractivity contribution >= 4 is 27.2 Å². The first-order valence-corrected chi connectivity index (χ1v) is 7.94. The number of nitrogens with zero attached hydrogens (tertiary/aromatic N) is 1. The molecule has 1 atom stereocenters. The van der Waals surface area contributed by atoms with Gasteiger partial charge in [0.05, 0.1) is 16.4 Å². The smallest absolute Gasteiger partial charge is 0.342 e. The first kappa shape index (κ1) is 15.2. The van der Waals surface area contributed by atoms with Gasteiger partial charge in [-0.25, -0.2) is 13.2 Å². The molecule has 2 rings (SSSR count). The van der Waals surface area contributed by atoms with E-state index in [0.717, 1.165) is 12.1 Å². The van der Waals surface area contributed by atoms with Gasteiger partial charge in [0.2, 0.25) is 0 Å². The number of rotatable bonds is 4. The van der Waals surface area contributed by atoms with Gasteiger partial charge in [0, 0.05) is 17.3 Å². The second kappa shape index (κ2) is 4.99. The molecule has 1 unspecified atom stereocenters. The second-order valence-electron chi connectivity index (χ2n) is 5.32. The van der Waals surface area contributed by atoms with Crippen LogP contribution in [0.5, 0.6) is 0 Å². The van der Waals surface area contributed by atoms with E-state index in [1.807, 2.05) is 0 Å². The van der Waals surface area contributed by atoms with Crippen molar-refractivity contribution in [3.05, 3.63) is 33.9 Å². The fourth-order valence-corrected chi connectivity index (χ4v) is 4.49. The summed E-state index contributed by atoms with van der Waals surface area (Å²) in [6, 6.07) is 3.62. The van der Waals surface area contributed by atoms with Crippen LogP contribution >= 0.6 is 0 Å². The quantitative estimate of drug-likeness (QED) is 0.633. The molecule has 21 heavy (non-hydrogen) atoms. The highest BCUT2D eigenvalue weighted by Crippen LogP contribution is 2.30. The maximum Gasteiger partial charge on any atom is 0.342 e. The second-order valence-corrected chi connectivity index (χ2v) is 7.51. The molecule has 1 heterocycles. The summed E-state index contributed by atoms with van der Waals surface area (Å²) in [6.07, 6.45) is 0.398. The molecule has 0 saturated carbocycles. The molecule has 2 N–H and O–H groups in total. The largest absolute Gasteiger partial charge is 0.477 e. The number of carbonyl (C=O) groups is 1. The summed E-state index contributed by atoms with van der Waals surface area (Å²) in [7, 11) is -3.11. The Morgan fingerprint density at radius 2 is 2.14 bits per heavy atom. The van der Waals surface area contributed by atoms with Crippen LogP contribution in [0.2, 0.25) is 0 Å². The van der Waals surface area contributed by atoms with Crippen LogP contribution < -0.4 is 5.32 Å². The minimum absolute atomic E-state index is 0.0562. The summed E-state index contributed by atoms with van der Waals surface area (Å²) in [4.78, 5) is 21.1. The minimum atomic E-state index is -3.11. The van der Waals surface area contributed by atoms with Crippen LogP contribution in [0.4, 0.5) is 11.4 Å². The highest BCUT2D eigenvalue weighted by Gasteiger charge is 2.38. The van der Waals surface area contributed by atoms with Gasteiger partial charge in [-0.2, -0.15) is 0 Å². The van der Waals surface area contributed by atoms with Crippen molar-refractivity contribution in [3.63, 3.8) is 0 Å². The number of sulfone groups is 1. The van der Waals surface area contributed by atoms with Gasteiger partial charge in [-0.1, -0.05) is 0 Å². The van der Waals surface area contributed by atoms with E-state index >= 15 is 0 Å². The summed E-state index contributed by atoms with van der Waals surface area (Å²) < 4.78 is 23.1. The zero-order chi connectivity index (χ0) is 15.8. The number of hydrogen-bond acceptors (Lipinski definition) is 6. The molecule has 1 aliphatic rings. The Morgan fingerprint density at radius 1 is 1.48 bits per heavy atom. The van der Waals surface area contributed by atoms with E-state index in [4.69, 9.17) is 5.11 Å². The normalized spacial score (nSPS) is 23.7. The van der Waals surface area contributed by atoms with Crippen molar-refractivity contribution in [2.45, 2.75) is 18.9 Å². The topological polar surface area (TPSA) is 127 Å². The molecule has 1 fully saturated rings. The molecule has 114 valence electrons. The van der Waals surface area contributed by atoms with Crippen LogP contribution in [-0.2, 0) is 9.84 Å². The molecule has 8 nitrogen and oxygen atoms in total. The van der Waals surface area contributed by atoms with Crippen LogP contribution in [0.1, 0.15) is 23.7 Å². The maximum absolute atomic E-state index is 11.5. The average molecular weight is 314 g/mol. The van der Waals surface area contributed by atoms with Gasteiger partial charge < -0.3 is 10.4 Å². The lowest BCUT2D eigenvalue weighted by Gasteiger charge is -2.25. The molecule has 9 heteroatoms. The predicted molar refractivity (Wildman–Crippen MR) is 75.4 cm³/mol. The number of nitrogens with one attached hydrogen (secondary N) is 1. The third-order valence-corrected chi connectivity index (χ3v) is 5.28. The van der Waals surface area contributed by atoms with E-state index in [1.165, 1.54) is 6.07 Å². The first-order valence-electron chi connectivity index (χ1n) is 6.12. The summed E-state index contributed by atoms with van der Waals surface area (Å²) in [5.41, 5.74) is -1.30. The zero-order valence-electron chi connectivity index (χ0n) is 11.2. The van der Waals surface area contributed by atoms with Crippen LogP contribution in [0.15, 0.2) is 18.2 Å². The molecule has 1 saturated heterocycles. The summed E-state index contributed by atoms with van der Waals surface area (Å²) in [5, 5.41) is 22.8. The Kier molecular flexibility index (Phi) is 3.62. The van der Waals surface area contributed by atoms with E-state index in [-0.39, 0.29) is 11.5 Å². The molecule has 1 aliphatic heterocycles. The molecule has 0 aromatic heterocycles. The molecule has 1 aromatic rings. The monoisotopic (exact) mass is 314 g/mol. The lowest BCUT2D eigenvalue weighted by atomic mass is 10.0. The van der Waals surface area contributed by atoms with Gasteiger partial charge in [-0.3, -0.25) is 10.1 Å². The number of anilines is 1. The fraction of sp³-hybridized carbons (Fsp3) is 0.417. The van der Waals surface area contributed by atoms with Crippen molar-refractivity contribution in [2.75, 3.05) is 16.8 Å². The van der Waals surface area contributed by atoms with Gasteiger partial charge in [-0.05, 0) is 25.5 Å². The van der Waals surface area contributed by atoms with Gasteiger partial charge in [0.15, 0.2) is 9.84 Å². The molecule has 0 amide bonds. The molecule has 0 radical (unpaired) electrons. The minimum Gasteiger partial charge on any atom is -0.477 e. The Balaban J connectivity index is 2.32.